The molecule has 170 valence electrons. The van der Waals surface area contributed by atoms with Gasteiger partial charge >= 0.3 is 12.1 Å². The Morgan fingerprint density at radius 2 is 1.84 bits per heavy atom. The summed E-state index contributed by atoms with van der Waals surface area (Å²) < 4.78 is 47.7. The van der Waals surface area contributed by atoms with Gasteiger partial charge in [-0.15, -0.1) is 0 Å². The first-order valence-corrected chi connectivity index (χ1v) is 10.4. The van der Waals surface area contributed by atoms with Crippen molar-refractivity contribution >= 4 is 46.0 Å². The zero-order valence-electron chi connectivity index (χ0n) is 17.1. The molecule has 1 unspecified atom stereocenters. The van der Waals surface area contributed by atoms with Gasteiger partial charge in [-0.3, -0.25) is 4.79 Å². The Bertz CT molecular complexity index is 1180. The van der Waals surface area contributed by atoms with Crippen molar-refractivity contribution in [3.05, 3.63) is 69.3 Å². The van der Waals surface area contributed by atoms with Gasteiger partial charge in [0.05, 0.1) is 22.7 Å². The summed E-state index contributed by atoms with van der Waals surface area (Å²) in [6, 6.07) is 7.32. The molecule has 0 aliphatic heterocycles. The molecule has 1 aromatic heterocycles. The second kappa shape index (κ2) is 9.42. The van der Waals surface area contributed by atoms with E-state index in [4.69, 9.17) is 27.9 Å². The molecule has 3 rings (SSSR count). The van der Waals surface area contributed by atoms with Crippen molar-refractivity contribution < 1.29 is 27.5 Å². The van der Waals surface area contributed by atoms with E-state index in [9.17, 15) is 22.8 Å². The number of aromatic nitrogens is 1. The predicted octanol–water partition coefficient (Wildman–Crippen LogP) is 6.18. The summed E-state index contributed by atoms with van der Waals surface area (Å²) >= 11 is 12.1. The van der Waals surface area contributed by atoms with Gasteiger partial charge in [-0.25, -0.2) is 4.79 Å². The first-order chi connectivity index (χ1) is 15.1. The average Bonchev–Trinajstić information content (AvgIpc) is 3.08. The maximum absolute atomic E-state index is 13.7. The summed E-state index contributed by atoms with van der Waals surface area (Å²) in [5.74, 6) is -1.56. The molecule has 5 nitrogen and oxygen atoms in total. The monoisotopic (exact) mass is 486 g/mol. The van der Waals surface area contributed by atoms with Gasteiger partial charge < -0.3 is 14.6 Å². The van der Waals surface area contributed by atoms with Gasteiger partial charge in [0.25, 0.3) is 5.91 Å². The van der Waals surface area contributed by atoms with Crippen LogP contribution in [0.3, 0.4) is 0 Å². The lowest BCUT2D eigenvalue weighted by Crippen LogP contribution is -2.38. The van der Waals surface area contributed by atoms with Gasteiger partial charge in [0.2, 0.25) is 0 Å². The number of aryl methyl sites for hydroxylation is 1. The lowest BCUT2D eigenvalue weighted by atomic mass is 10.1. The largest absolute Gasteiger partial charge is 0.462 e. The van der Waals surface area contributed by atoms with Crippen LogP contribution in [0.25, 0.3) is 10.9 Å². The number of rotatable bonds is 6. The van der Waals surface area contributed by atoms with E-state index in [1.54, 1.807) is 13.8 Å². The first kappa shape index (κ1) is 23.9. The SMILES string of the molecule is CCOC(=O)c1cc2cc(C(=O)NC(c3cccc(Cl)c3)C(F)(F)F)n(CC)c2cc1Cl. The number of hydrogen-bond acceptors (Lipinski definition) is 3. The molecule has 3 aromatic rings. The van der Waals surface area contributed by atoms with Crippen LogP contribution < -0.4 is 5.32 Å². The Hall–Kier alpha value is -2.71. The number of esters is 1. The van der Waals surface area contributed by atoms with Crippen molar-refractivity contribution in [3.63, 3.8) is 0 Å². The van der Waals surface area contributed by atoms with Crippen molar-refractivity contribution in [3.8, 4) is 0 Å². The van der Waals surface area contributed by atoms with E-state index in [1.165, 1.54) is 41.0 Å². The van der Waals surface area contributed by atoms with Gasteiger partial charge in [-0.05, 0) is 49.7 Å². The van der Waals surface area contributed by atoms with E-state index in [0.29, 0.717) is 10.9 Å². The smallest absolute Gasteiger partial charge is 0.412 e. The van der Waals surface area contributed by atoms with E-state index in [0.717, 1.165) is 6.07 Å². The Balaban J connectivity index is 2.03. The molecule has 0 aliphatic rings. The van der Waals surface area contributed by atoms with Crippen LogP contribution in [0.1, 0.15) is 46.3 Å². The summed E-state index contributed by atoms with van der Waals surface area (Å²) in [6.45, 7) is 3.83. The second-order valence-corrected chi connectivity index (χ2v) is 7.73. The maximum atomic E-state index is 13.7. The van der Waals surface area contributed by atoms with Crippen LogP contribution in [0.5, 0.6) is 0 Å². The molecule has 0 saturated heterocycles. The number of ether oxygens (including phenoxy) is 1. The maximum Gasteiger partial charge on any atom is 0.412 e. The molecule has 0 aliphatic carbocycles. The number of benzene rings is 2. The van der Waals surface area contributed by atoms with E-state index < -0.39 is 24.1 Å². The topological polar surface area (TPSA) is 60.3 Å². The lowest BCUT2D eigenvalue weighted by Gasteiger charge is -2.22. The number of halogens is 5. The van der Waals surface area contributed by atoms with Crippen LogP contribution in [0.15, 0.2) is 42.5 Å². The third kappa shape index (κ3) is 4.86. The van der Waals surface area contributed by atoms with Gasteiger partial charge in [0.1, 0.15) is 5.69 Å². The summed E-state index contributed by atoms with van der Waals surface area (Å²) in [5, 5.41) is 2.76. The van der Waals surface area contributed by atoms with Crippen LogP contribution in [-0.4, -0.2) is 29.2 Å². The zero-order valence-corrected chi connectivity index (χ0v) is 18.6. The summed E-state index contributed by atoms with van der Waals surface area (Å²) in [5.41, 5.74) is 0.413. The minimum atomic E-state index is -4.75. The molecule has 1 heterocycles. The number of carbonyl (C=O) groups is 2. The van der Waals surface area contributed by atoms with Crippen LogP contribution in [0, 0.1) is 0 Å². The Kier molecular flexibility index (Phi) is 7.05. The normalized spacial score (nSPS) is 12.6. The minimum Gasteiger partial charge on any atom is -0.462 e. The highest BCUT2D eigenvalue weighted by Gasteiger charge is 2.42. The van der Waals surface area contributed by atoms with E-state index in [-0.39, 0.29) is 40.0 Å². The number of fused-ring (bicyclic) bond motifs is 1. The summed E-state index contributed by atoms with van der Waals surface area (Å²) in [6.07, 6.45) is -4.75. The predicted molar refractivity (Wildman–Crippen MR) is 116 cm³/mol. The highest BCUT2D eigenvalue weighted by Crippen LogP contribution is 2.34. The van der Waals surface area contributed by atoms with E-state index >= 15 is 0 Å². The third-order valence-corrected chi connectivity index (χ3v) is 5.37. The summed E-state index contributed by atoms with van der Waals surface area (Å²) in [4.78, 5) is 25.0. The van der Waals surface area contributed by atoms with Gasteiger partial charge in [0, 0.05) is 17.0 Å². The molecule has 0 saturated carbocycles. The fourth-order valence-corrected chi connectivity index (χ4v) is 3.86. The Morgan fingerprint density at radius 3 is 2.44 bits per heavy atom. The molecule has 0 radical (unpaired) electrons. The Morgan fingerprint density at radius 1 is 1.12 bits per heavy atom. The molecular formula is C22H19Cl2F3N2O3. The van der Waals surface area contributed by atoms with Crippen molar-refractivity contribution in [2.75, 3.05) is 6.61 Å². The van der Waals surface area contributed by atoms with Crippen LogP contribution in [0.2, 0.25) is 10.0 Å². The molecule has 10 heteroatoms. The highest BCUT2D eigenvalue weighted by molar-refractivity contribution is 6.34. The van der Waals surface area contributed by atoms with Crippen LogP contribution >= 0.6 is 23.2 Å². The number of amides is 1. The van der Waals surface area contributed by atoms with Gasteiger partial charge in [-0.2, -0.15) is 13.2 Å². The summed E-state index contributed by atoms with van der Waals surface area (Å²) in [7, 11) is 0. The van der Waals surface area contributed by atoms with Crippen LogP contribution in [0.4, 0.5) is 13.2 Å². The molecule has 0 bridgehead atoms. The number of alkyl halides is 3. The van der Waals surface area contributed by atoms with E-state index in [1.807, 2.05) is 0 Å². The van der Waals surface area contributed by atoms with E-state index in [2.05, 4.69) is 5.32 Å². The van der Waals surface area contributed by atoms with Crippen molar-refractivity contribution in [1.29, 1.82) is 0 Å². The molecule has 2 aromatic carbocycles. The lowest BCUT2D eigenvalue weighted by molar-refractivity contribution is -0.155. The molecule has 0 fully saturated rings. The molecule has 1 amide bonds. The minimum absolute atomic E-state index is 0.00384. The molecular weight excluding hydrogens is 468 g/mol. The third-order valence-electron chi connectivity index (χ3n) is 4.82. The molecule has 32 heavy (non-hydrogen) atoms. The van der Waals surface area contributed by atoms with Crippen molar-refractivity contribution in [2.24, 2.45) is 0 Å². The highest BCUT2D eigenvalue weighted by atomic mass is 35.5. The number of hydrogen-bond donors (Lipinski definition) is 1. The first-order valence-electron chi connectivity index (χ1n) is 9.69. The average molecular weight is 487 g/mol. The number of nitrogens with one attached hydrogen (secondary N) is 1. The second-order valence-electron chi connectivity index (χ2n) is 6.89. The fraction of sp³-hybridized carbons (Fsp3) is 0.273. The number of nitrogens with zero attached hydrogens (tertiary/aromatic N) is 1. The zero-order chi connectivity index (χ0) is 23.6. The number of carbonyl (C=O) groups excluding carboxylic acids is 2. The fourth-order valence-electron chi connectivity index (χ4n) is 3.42. The van der Waals surface area contributed by atoms with Gasteiger partial charge in [-0.1, -0.05) is 35.3 Å². The standard InChI is InChI=1S/C22H19Cl2F3N2O3/c1-3-29-17-11-16(24)15(21(31)32-4-2)9-13(17)10-18(29)20(30)28-19(22(25,26)27)12-6-5-7-14(23)8-12/h5-11,19H,3-4H2,1-2H3,(H,28,30). The van der Waals surface area contributed by atoms with Crippen LogP contribution in [-0.2, 0) is 11.3 Å². The van der Waals surface area contributed by atoms with Gasteiger partial charge in [0.15, 0.2) is 6.04 Å². The van der Waals surface area contributed by atoms with Crippen molar-refractivity contribution in [2.45, 2.75) is 32.6 Å². The molecule has 0 spiro atoms. The molecule has 1 atom stereocenters. The quantitative estimate of drug-likeness (QED) is 0.423. The Labute approximate surface area is 192 Å². The molecule has 1 N–H and O–H groups in total. The van der Waals surface area contributed by atoms with Crippen molar-refractivity contribution in [1.82, 2.24) is 9.88 Å².